The van der Waals surface area contributed by atoms with Crippen molar-refractivity contribution in [1.29, 1.82) is 0 Å². The Bertz CT molecular complexity index is 554. The van der Waals surface area contributed by atoms with Gasteiger partial charge in [-0.15, -0.1) is 11.3 Å². The highest BCUT2D eigenvalue weighted by molar-refractivity contribution is 7.13. The maximum Gasteiger partial charge on any atom is 0.187 e. The minimum absolute atomic E-state index is 0.153. The first-order valence-corrected chi connectivity index (χ1v) is 8.25. The van der Waals surface area contributed by atoms with E-state index in [0.29, 0.717) is 0 Å². The van der Waals surface area contributed by atoms with Gasteiger partial charge in [0, 0.05) is 18.3 Å². The molecule has 0 spiro atoms. The number of hydrogen-bond acceptors (Lipinski definition) is 5. The Morgan fingerprint density at radius 2 is 2.10 bits per heavy atom. The van der Waals surface area contributed by atoms with Gasteiger partial charge >= 0.3 is 0 Å². The minimum Gasteiger partial charge on any atom is -0.489 e. The molecule has 0 fully saturated rings. The molecule has 0 amide bonds. The number of rotatable bonds is 8. The lowest BCUT2D eigenvalue weighted by Gasteiger charge is -2.14. The van der Waals surface area contributed by atoms with Crippen LogP contribution in [-0.2, 0) is 6.42 Å². The van der Waals surface area contributed by atoms with Crippen LogP contribution < -0.4 is 15.4 Å². The van der Waals surface area contributed by atoms with Gasteiger partial charge in [-0.25, -0.2) is 4.98 Å². The molecular weight excluding hydrogens is 282 g/mol. The normalized spacial score (nSPS) is 10.9. The minimum atomic E-state index is 0.153. The quantitative estimate of drug-likeness (QED) is 0.728. The molecule has 1 heterocycles. The number of ether oxygens (including phenoxy) is 1. The van der Waals surface area contributed by atoms with Crippen LogP contribution in [0.1, 0.15) is 26.5 Å². The van der Waals surface area contributed by atoms with Crippen LogP contribution in [0.4, 0.5) is 10.8 Å². The van der Waals surface area contributed by atoms with E-state index in [1.165, 1.54) is 0 Å². The van der Waals surface area contributed by atoms with Crippen molar-refractivity contribution in [3.63, 3.8) is 0 Å². The third-order valence-corrected chi connectivity index (χ3v) is 3.66. The molecule has 0 saturated carbocycles. The maximum absolute atomic E-state index is 5.81. The van der Waals surface area contributed by atoms with E-state index in [1.54, 1.807) is 11.3 Å². The number of thiazole rings is 1. The molecule has 2 aromatic rings. The molecule has 0 aliphatic rings. The molecule has 1 aromatic carbocycles. The average Bonchev–Trinajstić information content (AvgIpc) is 2.88. The van der Waals surface area contributed by atoms with Gasteiger partial charge in [-0.2, -0.15) is 0 Å². The molecular formula is C16H23N3OS. The van der Waals surface area contributed by atoms with Crippen LogP contribution in [-0.4, -0.2) is 24.2 Å². The van der Waals surface area contributed by atoms with Crippen LogP contribution in [0.3, 0.4) is 0 Å². The van der Waals surface area contributed by atoms with Gasteiger partial charge in [-0.05, 0) is 32.5 Å². The summed E-state index contributed by atoms with van der Waals surface area (Å²) in [5.41, 5.74) is 2.07. The standard InChI is InChI=1S/C16H23N3OS/c1-4-17-10-9-13-11-21-16(18-13)19-14-7-5-6-8-15(14)20-12(2)3/h5-8,11-12,17H,4,9-10H2,1-3H3,(H,18,19). The van der Waals surface area contributed by atoms with Gasteiger partial charge in [0.05, 0.1) is 17.5 Å². The second-order valence-electron chi connectivity index (χ2n) is 5.04. The van der Waals surface area contributed by atoms with Gasteiger partial charge in [0.2, 0.25) is 0 Å². The van der Waals surface area contributed by atoms with Gasteiger partial charge in [-0.3, -0.25) is 0 Å². The first-order valence-electron chi connectivity index (χ1n) is 7.37. The zero-order chi connectivity index (χ0) is 15.1. The number of anilines is 2. The molecule has 0 aliphatic heterocycles. The van der Waals surface area contributed by atoms with Gasteiger partial charge in [0.1, 0.15) is 5.75 Å². The van der Waals surface area contributed by atoms with Crippen molar-refractivity contribution in [2.45, 2.75) is 33.3 Å². The summed E-state index contributed by atoms with van der Waals surface area (Å²) in [6, 6.07) is 7.96. The fourth-order valence-corrected chi connectivity index (χ4v) is 2.67. The summed E-state index contributed by atoms with van der Waals surface area (Å²) in [4.78, 5) is 4.61. The lowest BCUT2D eigenvalue weighted by atomic mass is 10.3. The second kappa shape index (κ2) is 8.00. The van der Waals surface area contributed by atoms with Gasteiger partial charge in [0.15, 0.2) is 5.13 Å². The Balaban J connectivity index is 2.01. The molecule has 0 saturated heterocycles. The lowest BCUT2D eigenvalue weighted by Crippen LogP contribution is -2.16. The largest absolute Gasteiger partial charge is 0.489 e. The van der Waals surface area contributed by atoms with Crippen molar-refractivity contribution >= 4 is 22.2 Å². The molecule has 2 rings (SSSR count). The van der Waals surface area contributed by atoms with E-state index < -0.39 is 0 Å². The molecule has 0 bridgehead atoms. The monoisotopic (exact) mass is 305 g/mol. The Kier molecular flexibility index (Phi) is 6.02. The first kappa shape index (κ1) is 15.8. The van der Waals surface area contributed by atoms with Crippen molar-refractivity contribution in [3.8, 4) is 5.75 Å². The molecule has 0 unspecified atom stereocenters. The molecule has 1 aromatic heterocycles. The zero-order valence-corrected chi connectivity index (χ0v) is 13.7. The Morgan fingerprint density at radius 3 is 2.86 bits per heavy atom. The lowest BCUT2D eigenvalue weighted by molar-refractivity contribution is 0.244. The molecule has 0 radical (unpaired) electrons. The van der Waals surface area contributed by atoms with Gasteiger partial charge in [0.25, 0.3) is 0 Å². The van der Waals surface area contributed by atoms with E-state index >= 15 is 0 Å². The summed E-state index contributed by atoms with van der Waals surface area (Å²) >= 11 is 1.62. The number of likely N-dealkylation sites (N-methyl/N-ethyl adjacent to an activating group) is 1. The molecule has 2 N–H and O–H groups in total. The van der Waals surface area contributed by atoms with Crippen LogP contribution in [0.15, 0.2) is 29.6 Å². The first-order chi connectivity index (χ1) is 10.2. The van der Waals surface area contributed by atoms with Crippen LogP contribution in [0, 0.1) is 0 Å². The summed E-state index contributed by atoms with van der Waals surface area (Å²) in [5.74, 6) is 0.858. The summed E-state index contributed by atoms with van der Waals surface area (Å²) in [6.07, 6.45) is 1.11. The number of nitrogens with one attached hydrogen (secondary N) is 2. The fourth-order valence-electron chi connectivity index (χ4n) is 1.91. The van der Waals surface area contributed by atoms with Crippen LogP contribution in [0.5, 0.6) is 5.75 Å². The maximum atomic E-state index is 5.81. The van der Waals surface area contributed by atoms with E-state index in [4.69, 9.17) is 4.74 Å². The van der Waals surface area contributed by atoms with Gasteiger partial charge in [-0.1, -0.05) is 19.1 Å². The number of benzene rings is 1. The predicted octanol–water partition coefficient (Wildman–Crippen LogP) is 3.83. The molecule has 21 heavy (non-hydrogen) atoms. The number of para-hydroxylation sites is 2. The molecule has 5 heteroatoms. The van der Waals surface area contributed by atoms with Crippen molar-refractivity contribution < 1.29 is 4.74 Å². The third kappa shape index (κ3) is 5.02. The van der Waals surface area contributed by atoms with E-state index in [1.807, 2.05) is 38.1 Å². The van der Waals surface area contributed by atoms with E-state index in [0.717, 1.165) is 41.8 Å². The van der Waals surface area contributed by atoms with Crippen LogP contribution in [0.2, 0.25) is 0 Å². The highest BCUT2D eigenvalue weighted by Crippen LogP contribution is 2.29. The topological polar surface area (TPSA) is 46.2 Å². The molecule has 4 nitrogen and oxygen atoms in total. The van der Waals surface area contributed by atoms with Crippen molar-refractivity contribution in [3.05, 3.63) is 35.3 Å². The summed E-state index contributed by atoms with van der Waals surface area (Å²) in [6.45, 7) is 8.12. The summed E-state index contributed by atoms with van der Waals surface area (Å²) < 4.78 is 5.81. The average molecular weight is 305 g/mol. The van der Waals surface area contributed by atoms with Crippen LogP contribution in [0.25, 0.3) is 0 Å². The summed E-state index contributed by atoms with van der Waals surface area (Å²) in [5, 5.41) is 9.67. The number of hydrogen-bond donors (Lipinski definition) is 2. The Hall–Kier alpha value is -1.59. The van der Waals surface area contributed by atoms with E-state index in [9.17, 15) is 0 Å². The smallest absolute Gasteiger partial charge is 0.187 e. The van der Waals surface area contributed by atoms with Crippen LogP contribution >= 0.6 is 11.3 Å². The highest BCUT2D eigenvalue weighted by Gasteiger charge is 2.07. The SMILES string of the molecule is CCNCCc1csc(Nc2ccccc2OC(C)C)n1. The van der Waals surface area contributed by atoms with E-state index in [-0.39, 0.29) is 6.10 Å². The number of nitrogens with zero attached hydrogens (tertiary/aromatic N) is 1. The van der Waals surface area contributed by atoms with Crippen molar-refractivity contribution in [2.75, 3.05) is 18.4 Å². The molecule has 0 atom stereocenters. The fraction of sp³-hybridized carbons (Fsp3) is 0.438. The molecule has 114 valence electrons. The third-order valence-electron chi connectivity index (χ3n) is 2.85. The van der Waals surface area contributed by atoms with Gasteiger partial charge < -0.3 is 15.4 Å². The Morgan fingerprint density at radius 1 is 1.29 bits per heavy atom. The highest BCUT2D eigenvalue weighted by atomic mass is 32.1. The predicted molar refractivity (Wildman–Crippen MR) is 89.9 cm³/mol. The number of aromatic nitrogens is 1. The second-order valence-corrected chi connectivity index (χ2v) is 5.89. The molecule has 0 aliphatic carbocycles. The zero-order valence-electron chi connectivity index (χ0n) is 12.8. The Labute approximate surface area is 130 Å². The van der Waals surface area contributed by atoms with Crippen molar-refractivity contribution in [1.82, 2.24) is 10.3 Å². The van der Waals surface area contributed by atoms with Crippen molar-refractivity contribution in [2.24, 2.45) is 0 Å². The summed E-state index contributed by atoms with van der Waals surface area (Å²) in [7, 11) is 0. The van der Waals surface area contributed by atoms with E-state index in [2.05, 4.69) is 27.9 Å².